The minimum atomic E-state index is 0.524. The number of nitrogens with one attached hydrogen (secondary N) is 1. The van der Waals surface area contributed by atoms with Gasteiger partial charge in [0, 0.05) is 12.1 Å². The summed E-state index contributed by atoms with van der Waals surface area (Å²) >= 11 is 0. The Morgan fingerprint density at radius 3 is 2.70 bits per heavy atom. The van der Waals surface area contributed by atoms with E-state index < -0.39 is 0 Å². The van der Waals surface area contributed by atoms with Gasteiger partial charge in [-0.25, -0.2) is 9.97 Å². The second kappa shape index (κ2) is 6.13. The topological polar surface area (TPSA) is 42.7 Å². The zero-order chi connectivity index (χ0) is 15.6. The van der Waals surface area contributed by atoms with E-state index >= 15 is 0 Å². The zero-order valence-corrected chi connectivity index (χ0v) is 13.5. The van der Waals surface area contributed by atoms with Gasteiger partial charge in [-0.15, -0.1) is 0 Å². The lowest BCUT2D eigenvalue weighted by Gasteiger charge is -2.23. The normalized spacial score (nSPS) is 16.0. The van der Waals surface area contributed by atoms with Crippen molar-refractivity contribution in [2.45, 2.75) is 32.2 Å². The molecular formula is C19H22N4. The van der Waals surface area contributed by atoms with E-state index in [1.165, 1.54) is 17.0 Å². The van der Waals surface area contributed by atoms with Gasteiger partial charge in [-0.2, -0.15) is 0 Å². The molecule has 1 saturated heterocycles. The number of pyridine rings is 1. The Bertz CT molecular complexity index is 798. The third-order valence-electron chi connectivity index (χ3n) is 4.70. The Morgan fingerprint density at radius 2 is 1.91 bits per heavy atom. The Balaban J connectivity index is 1.77. The Labute approximate surface area is 136 Å². The lowest BCUT2D eigenvalue weighted by molar-refractivity contribution is 0.435. The maximum Gasteiger partial charge on any atom is 0.160 e. The molecule has 4 rings (SSSR count). The van der Waals surface area contributed by atoms with E-state index in [2.05, 4.69) is 52.1 Å². The van der Waals surface area contributed by atoms with Crippen LogP contribution in [0.2, 0.25) is 0 Å². The third kappa shape index (κ3) is 2.86. The summed E-state index contributed by atoms with van der Waals surface area (Å²) in [5.74, 6) is 1.72. The fraction of sp³-hybridized carbons (Fsp3) is 0.368. The van der Waals surface area contributed by atoms with E-state index in [0.29, 0.717) is 5.92 Å². The van der Waals surface area contributed by atoms with Crippen molar-refractivity contribution in [3.05, 3.63) is 59.5 Å². The molecule has 4 heteroatoms. The number of benzene rings is 1. The summed E-state index contributed by atoms with van der Waals surface area (Å²) in [6.07, 6.45) is 4.16. The first-order valence-electron chi connectivity index (χ1n) is 8.39. The van der Waals surface area contributed by atoms with Crippen LogP contribution in [0.15, 0.2) is 42.6 Å². The molecule has 0 spiro atoms. The largest absolute Gasteiger partial charge is 0.317 e. The van der Waals surface area contributed by atoms with Gasteiger partial charge in [0.2, 0.25) is 0 Å². The van der Waals surface area contributed by atoms with Gasteiger partial charge < -0.3 is 9.88 Å². The first kappa shape index (κ1) is 14.4. The zero-order valence-electron chi connectivity index (χ0n) is 13.5. The Morgan fingerprint density at radius 1 is 1.13 bits per heavy atom. The molecule has 0 atom stereocenters. The van der Waals surface area contributed by atoms with E-state index in [1.54, 1.807) is 0 Å². The fourth-order valence-corrected chi connectivity index (χ4v) is 3.40. The highest BCUT2D eigenvalue weighted by molar-refractivity contribution is 5.71. The standard InChI is InChI=1S/C19H22N4/c1-14-4-6-15(7-5-14)13-23-18(16-8-11-20-12-9-16)22-17-3-2-10-21-19(17)23/h2-7,10,16,20H,8-9,11-13H2,1H3. The van der Waals surface area contributed by atoms with Crippen molar-refractivity contribution in [1.82, 2.24) is 19.9 Å². The van der Waals surface area contributed by atoms with Crippen LogP contribution in [0, 0.1) is 6.92 Å². The van der Waals surface area contributed by atoms with Gasteiger partial charge in [0.05, 0.1) is 6.54 Å². The van der Waals surface area contributed by atoms with E-state index in [-0.39, 0.29) is 0 Å². The van der Waals surface area contributed by atoms with Crippen LogP contribution in [0.5, 0.6) is 0 Å². The predicted molar refractivity (Wildman–Crippen MR) is 92.7 cm³/mol. The first-order valence-corrected chi connectivity index (χ1v) is 8.39. The average Bonchev–Trinajstić information content (AvgIpc) is 2.96. The summed E-state index contributed by atoms with van der Waals surface area (Å²) in [5.41, 5.74) is 4.60. The van der Waals surface area contributed by atoms with Crippen LogP contribution in [0.25, 0.3) is 11.2 Å². The summed E-state index contributed by atoms with van der Waals surface area (Å²) < 4.78 is 2.32. The van der Waals surface area contributed by atoms with Crippen molar-refractivity contribution in [1.29, 1.82) is 0 Å². The van der Waals surface area contributed by atoms with Crippen LogP contribution in [0.4, 0.5) is 0 Å². The molecule has 4 nitrogen and oxygen atoms in total. The van der Waals surface area contributed by atoms with Gasteiger partial charge in [-0.1, -0.05) is 29.8 Å². The second-order valence-corrected chi connectivity index (χ2v) is 6.41. The van der Waals surface area contributed by atoms with Crippen LogP contribution in [0.1, 0.15) is 35.7 Å². The molecule has 23 heavy (non-hydrogen) atoms. The number of rotatable bonds is 3. The highest BCUT2D eigenvalue weighted by Gasteiger charge is 2.22. The molecule has 2 aromatic heterocycles. The summed E-state index contributed by atoms with van der Waals surface area (Å²) in [6.45, 7) is 5.11. The van der Waals surface area contributed by atoms with Crippen LogP contribution >= 0.6 is 0 Å². The number of nitrogens with zero attached hydrogens (tertiary/aromatic N) is 3. The molecule has 0 amide bonds. The summed E-state index contributed by atoms with van der Waals surface area (Å²) in [7, 11) is 0. The second-order valence-electron chi connectivity index (χ2n) is 6.41. The maximum atomic E-state index is 4.92. The Hall–Kier alpha value is -2.20. The highest BCUT2D eigenvalue weighted by atomic mass is 15.1. The van der Waals surface area contributed by atoms with Crippen molar-refractivity contribution in [2.24, 2.45) is 0 Å². The van der Waals surface area contributed by atoms with Crippen molar-refractivity contribution >= 4 is 11.2 Å². The SMILES string of the molecule is Cc1ccc(Cn2c(C3CCNCC3)nc3cccnc32)cc1. The minimum absolute atomic E-state index is 0.524. The number of fused-ring (bicyclic) bond motifs is 1. The van der Waals surface area contributed by atoms with E-state index in [4.69, 9.17) is 4.98 Å². The number of imidazole rings is 1. The molecule has 3 heterocycles. The van der Waals surface area contributed by atoms with Gasteiger partial charge >= 0.3 is 0 Å². The molecule has 0 radical (unpaired) electrons. The van der Waals surface area contributed by atoms with E-state index in [1.807, 2.05) is 12.3 Å². The highest BCUT2D eigenvalue weighted by Crippen LogP contribution is 2.28. The number of hydrogen-bond acceptors (Lipinski definition) is 3. The van der Waals surface area contributed by atoms with Gasteiger partial charge in [-0.3, -0.25) is 0 Å². The Kier molecular flexibility index (Phi) is 3.83. The summed E-state index contributed by atoms with van der Waals surface area (Å²) in [6, 6.07) is 12.8. The minimum Gasteiger partial charge on any atom is -0.317 e. The van der Waals surface area contributed by atoms with Gasteiger partial charge in [0.25, 0.3) is 0 Å². The number of piperidine rings is 1. The lowest BCUT2D eigenvalue weighted by atomic mass is 9.97. The summed E-state index contributed by atoms with van der Waals surface area (Å²) in [5, 5.41) is 3.44. The smallest absolute Gasteiger partial charge is 0.160 e. The van der Waals surface area contributed by atoms with Crippen LogP contribution in [-0.4, -0.2) is 27.6 Å². The van der Waals surface area contributed by atoms with Crippen LogP contribution in [0.3, 0.4) is 0 Å². The lowest BCUT2D eigenvalue weighted by Crippen LogP contribution is -2.28. The molecule has 1 fully saturated rings. The maximum absolute atomic E-state index is 4.92. The molecule has 3 aromatic rings. The molecular weight excluding hydrogens is 284 g/mol. The molecule has 0 bridgehead atoms. The van der Waals surface area contributed by atoms with Gasteiger partial charge in [0.1, 0.15) is 11.3 Å². The monoisotopic (exact) mass is 306 g/mol. The summed E-state index contributed by atoms with van der Waals surface area (Å²) in [4.78, 5) is 9.52. The fourth-order valence-electron chi connectivity index (χ4n) is 3.40. The quantitative estimate of drug-likeness (QED) is 0.807. The van der Waals surface area contributed by atoms with Crippen LogP contribution in [-0.2, 0) is 6.54 Å². The number of aromatic nitrogens is 3. The van der Waals surface area contributed by atoms with Gasteiger partial charge in [-0.05, 0) is 50.6 Å². The van der Waals surface area contributed by atoms with E-state index in [0.717, 1.165) is 43.6 Å². The number of aryl methyl sites for hydroxylation is 1. The molecule has 118 valence electrons. The first-order chi connectivity index (χ1) is 11.3. The molecule has 1 N–H and O–H groups in total. The van der Waals surface area contributed by atoms with E-state index in [9.17, 15) is 0 Å². The molecule has 0 saturated carbocycles. The van der Waals surface area contributed by atoms with Crippen molar-refractivity contribution in [3.63, 3.8) is 0 Å². The molecule has 1 aliphatic heterocycles. The molecule has 0 unspecified atom stereocenters. The average molecular weight is 306 g/mol. The third-order valence-corrected chi connectivity index (χ3v) is 4.70. The molecule has 1 aromatic carbocycles. The number of hydrogen-bond donors (Lipinski definition) is 1. The molecule has 0 aliphatic carbocycles. The van der Waals surface area contributed by atoms with Gasteiger partial charge in [0.15, 0.2) is 5.65 Å². The van der Waals surface area contributed by atoms with Crippen molar-refractivity contribution in [2.75, 3.05) is 13.1 Å². The van der Waals surface area contributed by atoms with Crippen molar-refractivity contribution < 1.29 is 0 Å². The predicted octanol–water partition coefficient (Wildman–Crippen LogP) is 3.26. The molecule has 1 aliphatic rings. The van der Waals surface area contributed by atoms with Crippen molar-refractivity contribution in [3.8, 4) is 0 Å². The van der Waals surface area contributed by atoms with Crippen LogP contribution < -0.4 is 5.32 Å².